The van der Waals surface area contributed by atoms with E-state index in [2.05, 4.69) is 12.2 Å². The van der Waals surface area contributed by atoms with Gasteiger partial charge in [0, 0.05) is 5.69 Å². The fraction of sp³-hybridized carbons (Fsp3) is 0.0714. The average Bonchev–Trinajstić information content (AvgIpc) is 2.38. The van der Waals surface area contributed by atoms with E-state index in [9.17, 15) is 8.42 Å². The van der Waals surface area contributed by atoms with Gasteiger partial charge in [0.25, 0.3) is 0 Å². The van der Waals surface area contributed by atoms with Crippen molar-refractivity contribution in [1.29, 1.82) is 0 Å². The number of hydrogen-bond acceptors (Lipinski definition) is 3. The molecule has 0 aliphatic rings. The van der Waals surface area contributed by atoms with Gasteiger partial charge in [0.1, 0.15) is 5.88 Å². The largest absolute Gasteiger partial charge is 0.371 e. The molecule has 2 aromatic rings. The smallest absolute Gasteiger partial charge is 0.196 e. The second-order valence-corrected chi connectivity index (χ2v) is 5.94. The van der Waals surface area contributed by atoms with Gasteiger partial charge in [-0.3, -0.25) is 0 Å². The van der Waals surface area contributed by atoms with Crippen LogP contribution in [0.5, 0.6) is 0 Å². The van der Waals surface area contributed by atoms with Crippen LogP contribution in [0.15, 0.2) is 59.5 Å². The zero-order valence-electron chi connectivity index (χ0n) is 9.84. The van der Waals surface area contributed by atoms with E-state index in [0.717, 1.165) is 11.3 Å². The van der Waals surface area contributed by atoms with E-state index in [1.54, 1.807) is 36.4 Å². The summed E-state index contributed by atoms with van der Waals surface area (Å²) in [4.78, 5) is 0.322. The molecule has 0 aliphatic heterocycles. The van der Waals surface area contributed by atoms with Crippen molar-refractivity contribution in [2.75, 3.05) is 11.2 Å². The Hall–Kier alpha value is -1.81. The van der Waals surface area contributed by atoms with E-state index in [4.69, 9.17) is 0 Å². The first-order chi connectivity index (χ1) is 8.58. The lowest BCUT2D eigenvalue weighted by atomic mass is 10.2. The molecule has 18 heavy (non-hydrogen) atoms. The standard InChI is InChI=1S/C14H14NO2S/c1-12-6-5-7-13(10-12)15-11-18(16,17)14-8-3-2-4-9-14/h2-10,15H,1,11H2. The number of benzene rings is 2. The van der Waals surface area contributed by atoms with E-state index < -0.39 is 9.84 Å². The molecule has 1 N–H and O–H groups in total. The quantitative estimate of drug-likeness (QED) is 0.919. The topological polar surface area (TPSA) is 46.2 Å². The van der Waals surface area contributed by atoms with Gasteiger partial charge in [-0.1, -0.05) is 30.3 Å². The molecule has 0 atom stereocenters. The fourth-order valence-electron chi connectivity index (χ4n) is 1.57. The lowest BCUT2D eigenvalue weighted by Crippen LogP contribution is -2.14. The van der Waals surface area contributed by atoms with Crippen LogP contribution in [0.3, 0.4) is 0 Å². The number of sulfone groups is 1. The Labute approximate surface area is 107 Å². The van der Waals surface area contributed by atoms with Gasteiger partial charge in [-0.2, -0.15) is 0 Å². The molecule has 0 amide bonds. The number of hydrogen-bond donors (Lipinski definition) is 1. The minimum atomic E-state index is -3.30. The third-order valence-corrected chi connectivity index (χ3v) is 4.01. The first-order valence-electron chi connectivity index (χ1n) is 5.52. The molecule has 0 saturated carbocycles. The lowest BCUT2D eigenvalue weighted by Gasteiger charge is -2.08. The maximum absolute atomic E-state index is 12.0. The molecule has 2 rings (SSSR count). The zero-order valence-corrected chi connectivity index (χ0v) is 10.7. The first-order valence-corrected chi connectivity index (χ1v) is 7.17. The molecular formula is C14H14NO2S. The molecule has 0 bridgehead atoms. The van der Waals surface area contributed by atoms with Crippen LogP contribution in [0.25, 0.3) is 0 Å². The summed E-state index contributed by atoms with van der Waals surface area (Å²) in [5, 5.41) is 2.90. The van der Waals surface area contributed by atoms with Crippen LogP contribution in [0, 0.1) is 6.92 Å². The van der Waals surface area contributed by atoms with Crippen LogP contribution in [0.2, 0.25) is 0 Å². The van der Waals surface area contributed by atoms with Gasteiger partial charge >= 0.3 is 0 Å². The summed E-state index contributed by atoms with van der Waals surface area (Å²) >= 11 is 0. The van der Waals surface area contributed by atoms with Crippen molar-refractivity contribution in [3.63, 3.8) is 0 Å². The van der Waals surface area contributed by atoms with Gasteiger partial charge in [-0.15, -0.1) is 0 Å². The summed E-state index contributed by atoms with van der Waals surface area (Å²) in [6, 6.07) is 15.7. The highest BCUT2D eigenvalue weighted by Gasteiger charge is 2.12. The first kappa shape index (κ1) is 12.6. The third kappa shape index (κ3) is 3.11. The van der Waals surface area contributed by atoms with Crippen LogP contribution >= 0.6 is 0 Å². The Kier molecular flexibility index (Phi) is 3.67. The maximum Gasteiger partial charge on any atom is 0.196 e. The Morgan fingerprint density at radius 2 is 1.72 bits per heavy atom. The molecule has 3 nitrogen and oxygen atoms in total. The SMILES string of the molecule is [CH2]c1cccc(NCS(=O)(=O)c2ccccc2)c1. The van der Waals surface area contributed by atoms with Crippen molar-refractivity contribution >= 4 is 15.5 Å². The minimum absolute atomic E-state index is 0.125. The monoisotopic (exact) mass is 260 g/mol. The Bertz CT molecular complexity index is 621. The second-order valence-electron chi connectivity index (χ2n) is 3.95. The third-order valence-electron chi connectivity index (χ3n) is 2.50. The van der Waals surface area contributed by atoms with Gasteiger partial charge in [-0.05, 0) is 36.8 Å². The van der Waals surface area contributed by atoms with E-state index >= 15 is 0 Å². The van der Waals surface area contributed by atoms with Gasteiger partial charge < -0.3 is 5.32 Å². The van der Waals surface area contributed by atoms with E-state index in [1.165, 1.54) is 0 Å². The highest BCUT2D eigenvalue weighted by molar-refractivity contribution is 7.91. The molecule has 2 aromatic carbocycles. The van der Waals surface area contributed by atoms with Gasteiger partial charge in [-0.25, -0.2) is 8.42 Å². The normalized spacial score (nSPS) is 11.2. The Morgan fingerprint density at radius 1 is 1.00 bits per heavy atom. The van der Waals surface area contributed by atoms with Crippen molar-refractivity contribution in [1.82, 2.24) is 0 Å². The van der Waals surface area contributed by atoms with Gasteiger partial charge in [0.2, 0.25) is 0 Å². The van der Waals surface area contributed by atoms with Crippen molar-refractivity contribution in [2.45, 2.75) is 4.90 Å². The molecule has 4 heteroatoms. The number of rotatable bonds is 4. The minimum Gasteiger partial charge on any atom is -0.371 e. The molecule has 0 fully saturated rings. The molecule has 1 radical (unpaired) electrons. The van der Waals surface area contributed by atoms with Crippen LogP contribution in [0.4, 0.5) is 5.69 Å². The number of anilines is 1. The molecular weight excluding hydrogens is 246 g/mol. The van der Waals surface area contributed by atoms with Crippen molar-refractivity contribution < 1.29 is 8.42 Å². The van der Waals surface area contributed by atoms with E-state index in [0.29, 0.717) is 4.90 Å². The Balaban J connectivity index is 2.11. The molecule has 0 unspecified atom stereocenters. The molecule has 0 aliphatic carbocycles. The molecule has 0 saturated heterocycles. The van der Waals surface area contributed by atoms with Crippen LogP contribution in [-0.2, 0) is 9.84 Å². The van der Waals surface area contributed by atoms with Crippen molar-refractivity contribution in [3.8, 4) is 0 Å². The van der Waals surface area contributed by atoms with Crippen LogP contribution in [-0.4, -0.2) is 14.3 Å². The summed E-state index contributed by atoms with van der Waals surface area (Å²) in [5.74, 6) is -0.125. The predicted molar refractivity (Wildman–Crippen MR) is 73.0 cm³/mol. The highest BCUT2D eigenvalue weighted by Crippen LogP contribution is 2.13. The maximum atomic E-state index is 12.0. The predicted octanol–water partition coefficient (Wildman–Crippen LogP) is 2.71. The summed E-state index contributed by atoms with van der Waals surface area (Å²) < 4.78 is 24.0. The second kappa shape index (κ2) is 5.23. The molecule has 0 aromatic heterocycles. The summed E-state index contributed by atoms with van der Waals surface area (Å²) in [5.41, 5.74) is 1.60. The van der Waals surface area contributed by atoms with Crippen molar-refractivity contribution in [2.24, 2.45) is 0 Å². The van der Waals surface area contributed by atoms with Crippen LogP contribution < -0.4 is 5.32 Å². The molecule has 93 valence electrons. The van der Waals surface area contributed by atoms with Gasteiger partial charge in [0.15, 0.2) is 9.84 Å². The summed E-state index contributed by atoms with van der Waals surface area (Å²) in [7, 11) is -3.30. The van der Waals surface area contributed by atoms with Crippen molar-refractivity contribution in [3.05, 3.63) is 67.1 Å². The van der Waals surface area contributed by atoms with Gasteiger partial charge in [0.05, 0.1) is 4.90 Å². The average molecular weight is 260 g/mol. The summed E-state index contributed by atoms with van der Waals surface area (Å²) in [6.07, 6.45) is 0. The molecule has 0 heterocycles. The fourth-order valence-corrected chi connectivity index (χ4v) is 2.67. The highest BCUT2D eigenvalue weighted by atomic mass is 32.2. The van der Waals surface area contributed by atoms with E-state index in [-0.39, 0.29) is 5.88 Å². The van der Waals surface area contributed by atoms with Crippen LogP contribution in [0.1, 0.15) is 5.56 Å². The zero-order chi connectivity index (χ0) is 13.0. The Morgan fingerprint density at radius 3 is 2.39 bits per heavy atom. The molecule has 0 spiro atoms. The lowest BCUT2D eigenvalue weighted by molar-refractivity contribution is 0.598. The number of nitrogens with one attached hydrogen (secondary N) is 1. The summed E-state index contributed by atoms with van der Waals surface area (Å²) in [6.45, 7) is 3.79. The van der Waals surface area contributed by atoms with E-state index in [1.807, 2.05) is 18.2 Å².